The van der Waals surface area contributed by atoms with Gasteiger partial charge in [0.25, 0.3) is 0 Å². The molecule has 0 radical (unpaired) electrons. The van der Waals surface area contributed by atoms with Gasteiger partial charge in [-0.05, 0) is 45.6 Å². The van der Waals surface area contributed by atoms with Gasteiger partial charge in [0.05, 0.1) is 11.7 Å². The van der Waals surface area contributed by atoms with Crippen LogP contribution in [0.2, 0.25) is 5.15 Å². The smallest absolute Gasteiger partial charge is 0.408 e. The number of halogens is 1. The molecule has 1 aliphatic rings. The van der Waals surface area contributed by atoms with Crippen molar-refractivity contribution < 1.29 is 9.53 Å². The van der Waals surface area contributed by atoms with Crippen molar-refractivity contribution in [2.45, 2.75) is 51.2 Å². The normalized spacial score (nSPS) is 15.8. The van der Waals surface area contributed by atoms with Crippen LogP contribution in [-0.2, 0) is 10.3 Å². The van der Waals surface area contributed by atoms with Gasteiger partial charge in [-0.2, -0.15) is 0 Å². The molecule has 6 nitrogen and oxygen atoms in total. The Bertz CT molecular complexity index is 811. The van der Waals surface area contributed by atoms with E-state index in [9.17, 15) is 4.79 Å². The van der Waals surface area contributed by atoms with Gasteiger partial charge in [0.1, 0.15) is 17.1 Å². The van der Waals surface area contributed by atoms with E-state index in [-0.39, 0.29) is 16.5 Å². The van der Waals surface area contributed by atoms with Crippen LogP contribution >= 0.6 is 11.6 Å². The quantitative estimate of drug-likeness (QED) is 0.836. The predicted octanol–water partition coefficient (Wildman–Crippen LogP) is 4.28. The first-order valence-electron chi connectivity index (χ1n) is 8.59. The van der Waals surface area contributed by atoms with Gasteiger partial charge in [-0.1, -0.05) is 35.9 Å². The molecule has 0 atom stereocenters. The maximum Gasteiger partial charge on any atom is 0.408 e. The Morgan fingerprint density at radius 2 is 1.92 bits per heavy atom. The summed E-state index contributed by atoms with van der Waals surface area (Å²) in [6.45, 7) is 5.56. The molecule has 1 saturated carbocycles. The molecule has 1 fully saturated rings. The van der Waals surface area contributed by atoms with Gasteiger partial charge < -0.3 is 15.8 Å². The van der Waals surface area contributed by atoms with E-state index in [0.29, 0.717) is 5.69 Å². The number of amides is 1. The fraction of sp³-hybridized carbons (Fsp3) is 0.421. The third kappa shape index (κ3) is 3.90. The van der Waals surface area contributed by atoms with Crippen LogP contribution in [0, 0.1) is 0 Å². The van der Waals surface area contributed by atoms with Gasteiger partial charge in [0.15, 0.2) is 5.15 Å². The molecule has 1 heterocycles. The number of ether oxygens (including phenoxy) is 1. The summed E-state index contributed by atoms with van der Waals surface area (Å²) in [4.78, 5) is 20.5. The number of nitrogens with zero attached hydrogens (tertiary/aromatic N) is 2. The van der Waals surface area contributed by atoms with Crippen molar-refractivity contribution >= 4 is 23.5 Å². The van der Waals surface area contributed by atoms with Crippen molar-refractivity contribution in [2.75, 3.05) is 5.73 Å². The zero-order chi connectivity index (χ0) is 18.9. The van der Waals surface area contributed by atoms with E-state index < -0.39 is 11.7 Å². The lowest BCUT2D eigenvalue weighted by Crippen LogP contribution is -2.52. The van der Waals surface area contributed by atoms with Crippen LogP contribution in [0.15, 0.2) is 30.5 Å². The van der Waals surface area contributed by atoms with Crippen molar-refractivity contribution in [2.24, 2.45) is 0 Å². The number of nitrogens with two attached hydrogens (primary N) is 1. The Labute approximate surface area is 158 Å². The second kappa shape index (κ2) is 6.76. The molecule has 1 aromatic heterocycles. The highest BCUT2D eigenvalue weighted by atomic mass is 35.5. The summed E-state index contributed by atoms with van der Waals surface area (Å²) in [5.41, 5.74) is 7.15. The van der Waals surface area contributed by atoms with Gasteiger partial charge in [-0.3, -0.25) is 0 Å². The minimum Gasteiger partial charge on any atom is -0.444 e. The number of nitrogens with one attached hydrogen (secondary N) is 1. The Balaban J connectivity index is 1.81. The Morgan fingerprint density at radius 3 is 2.42 bits per heavy atom. The van der Waals surface area contributed by atoms with Gasteiger partial charge >= 0.3 is 6.09 Å². The van der Waals surface area contributed by atoms with E-state index in [1.165, 1.54) is 6.20 Å². The van der Waals surface area contributed by atoms with Crippen LogP contribution in [0.25, 0.3) is 11.3 Å². The van der Waals surface area contributed by atoms with E-state index >= 15 is 0 Å². The van der Waals surface area contributed by atoms with Crippen molar-refractivity contribution in [3.05, 3.63) is 41.2 Å². The molecule has 3 N–H and O–H groups in total. The largest absolute Gasteiger partial charge is 0.444 e. The number of nitrogen functional groups attached to an aromatic ring is 1. The van der Waals surface area contributed by atoms with Crippen LogP contribution in [0.3, 0.4) is 0 Å². The number of aromatic nitrogens is 2. The zero-order valence-electron chi connectivity index (χ0n) is 15.2. The third-order valence-corrected chi connectivity index (χ3v) is 4.67. The highest BCUT2D eigenvalue weighted by Gasteiger charge is 2.41. The molecule has 3 rings (SSSR count). The summed E-state index contributed by atoms with van der Waals surface area (Å²) in [6.07, 6.45) is 3.91. The minimum atomic E-state index is -0.524. The van der Waals surface area contributed by atoms with Crippen LogP contribution in [0.1, 0.15) is 45.6 Å². The van der Waals surface area contributed by atoms with Crippen LogP contribution in [0.4, 0.5) is 10.6 Å². The first kappa shape index (κ1) is 18.5. The standard InChI is InChI=1S/C19H23ClN4O2/c1-18(2,3)26-17(25)24-19(9-4-10-19)13-7-5-12(6-8-13)15-16(20)23-14(21)11-22-15/h5-8,11H,4,9-10H2,1-3H3,(H2,21,23)(H,24,25). The Hall–Kier alpha value is -2.34. The molecule has 138 valence electrons. The monoisotopic (exact) mass is 374 g/mol. The summed E-state index contributed by atoms with van der Waals surface area (Å²) in [7, 11) is 0. The molecule has 0 aliphatic heterocycles. The highest BCUT2D eigenvalue weighted by Crippen LogP contribution is 2.42. The SMILES string of the molecule is CC(C)(C)OC(=O)NC1(c2ccc(-c3ncc(N)nc3Cl)cc2)CCC1. The molecule has 0 spiro atoms. The third-order valence-electron chi connectivity index (χ3n) is 4.41. The fourth-order valence-electron chi connectivity index (χ4n) is 3.04. The van der Waals surface area contributed by atoms with E-state index in [1.54, 1.807) is 0 Å². The average molecular weight is 375 g/mol. The summed E-state index contributed by atoms with van der Waals surface area (Å²) in [5, 5.41) is 3.32. The second-order valence-electron chi connectivity index (χ2n) is 7.57. The number of carbonyl (C=O) groups is 1. The predicted molar refractivity (Wildman–Crippen MR) is 102 cm³/mol. The molecular formula is C19H23ClN4O2. The van der Waals surface area contributed by atoms with Crippen LogP contribution in [-0.4, -0.2) is 21.7 Å². The average Bonchev–Trinajstić information content (AvgIpc) is 2.50. The molecule has 26 heavy (non-hydrogen) atoms. The lowest BCUT2D eigenvalue weighted by atomic mass is 9.72. The number of alkyl carbamates (subject to hydrolysis) is 1. The number of hydrogen-bond acceptors (Lipinski definition) is 5. The lowest BCUT2D eigenvalue weighted by Gasteiger charge is -2.43. The molecule has 1 aliphatic carbocycles. The number of anilines is 1. The lowest BCUT2D eigenvalue weighted by molar-refractivity contribution is 0.0377. The van der Waals surface area contributed by atoms with Crippen molar-refractivity contribution in [3.63, 3.8) is 0 Å². The molecular weight excluding hydrogens is 352 g/mol. The highest BCUT2D eigenvalue weighted by molar-refractivity contribution is 6.31. The van der Waals surface area contributed by atoms with Crippen molar-refractivity contribution in [3.8, 4) is 11.3 Å². The van der Waals surface area contributed by atoms with E-state index in [1.807, 2.05) is 45.0 Å². The topological polar surface area (TPSA) is 90.1 Å². The number of benzene rings is 1. The first-order chi connectivity index (χ1) is 12.2. The summed E-state index contributed by atoms with van der Waals surface area (Å²) in [5.74, 6) is 0.283. The molecule has 0 bridgehead atoms. The van der Waals surface area contributed by atoms with Gasteiger partial charge in [0, 0.05) is 5.56 Å². The molecule has 0 unspecified atom stereocenters. The molecule has 7 heteroatoms. The van der Waals surface area contributed by atoms with Crippen molar-refractivity contribution in [1.82, 2.24) is 15.3 Å². The second-order valence-corrected chi connectivity index (χ2v) is 7.93. The van der Waals surface area contributed by atoms with E-state index in [2.05, 4.69) is 15.3 Å². The maximum absolute atomic E-state index is 12.2. The number of hydrogen-bond donors (Lipinski definition) is 2. The maximum atomic E-state index is 12.2. The summed E-state index contributed by atoms with van der Waals surface area (Å²) >= 11 is 6.14. The molecule has 1 amide bonds. The number of rotatable bonds is 3. The summed E-state index contributed by atoms with van der Waals surface area (Å²) < 4.78 is 5.41. The van der Waals surface area contributed by atoms with Crippen molar-refractivity contribution in [1.29, 1.82) is 0 Å². The molecule has 1 aromatic carbocycles. The molecule has 0 saturated heterocycles. The zero-order valence-corrected chi connectivity index (χ0v) is 15.9. The van der Waals surface area contributed by atoms with Crippen LogP contribution in [0.5, 0.6) is 0 Å². The summed E-state index contributed by atoms with van der Waals surface area (Å²) in [6, 6.07) is 7.83. The Kier molecular flexibility index (Phi) is 4.80. The van der Waals surface area contributed by atoms with Crippen LogP contribution < -0.4 is 11.1 Å². The van der Waals surface area contributed by atoms with E-state index in [0.717, 1.165) is 30.4 Å². The van der Waals surface area contributed by atoms with Gasteiger partial charge in [-0.15, -0.1) is 0 Å². The van der Waals surface area contributed by atoms with Gasteiger partial charge in [0.2, 0.25) is 0 Å². The number of carbonyl (C=O) groups excluding carboxylic acids is 1. The fourth-order valence-corrected chi connectivity index (χ4v) is 3.29. The first-order valence-corrected chi connectivity index (χ1v) is 8.96. The van der Waals surface area contributed by atoms with Gasteiger partial charge in [-0.25, -0.2) is 14.8 Å². The Morgan fingerprint density at radius 1 is 1.27 bits per heavy atom. The molecule has 2 aromatic rings. The minimum absolute atomic E-state index is 0.267. The van der Waals surface area contributed by atoms with E-state index in [4.69, 9.17) is 22.1 Å².